The first-order valence-electron chi connectivity index (χ1n) is 21.7. The Morgan fingerprint density at radius 3 is 1.57 bits per heavy atom. The number of hydrogen-bond acceptors (Lipinski definition) is 6. The van der Waals surface area contributed by atoms with Crippen molar-refractivity contribution in [2.24, 2.45) is 0 Å². The van der Waals surface area contributed by atoms with Crippen LogP contribution in [0.2, 0.25) is 0 Å². The average molecular weight is 771 g/mol. The van der Waals surface area contributed by atoms with Gasteiger partial charge < -0.3 is 18.9 Å². The first-order valence-corrected chi connectivity index (χ1v) is 23.2. The zero-order chi connectivity index (χ0) is 39.1. The first-order chi connectivity index (χ1) is 25.6. The quantitative estimate of drug-likeness (QED) is 0.0218. The summed E-state index contributed by atoms with van der Waals surface area (Å²) in [7, 11) is 1.65. The Morgan fingerprint density at radius 2 is 1.04 bits per heavy atom. The van der Waals surface area contributed by atoms with Gasteiger partial charge in [0.1, 0.15) is 19.3 Å². The third-order valence-corrected chi connectivity index (χ3v) is 10.2. The molecule has 0 rings (SSSR count). The number of phosphoric acid groups is 1. The molecule has 2 unspecified atom stereocenters. The summed E-state index contributed by atoms with van der Waals surface area (Å²) in [5, 5.41) is 0. The predicted octanol–water partition coefficient (Wildman–Crippen LogP) is 12.6. The molecule has 0 aromatic heterocycles. The van der Waals surface area contributed by atoms with Crippen molar-refractivity contribution in [3.63, 3.8) is 0 Å². The van der Waals surface area contributed by atoms with Gasteiger partial charge in [-0.05, 0) is 70.6 Å². The zero-order valence-corrected chi connectivity index (χ0v) is 36.1. The van der Waals surface area contributed by atoms with Gasteiger partial charge in [0, 0.05) is 13.0 Å². The van der Waals surface area contributed by atoms with Gasteiger partial charge in [-0.15, -0.1) is 0 Å². The van der Waals surface area contributed by atoms with Crippen molar-refractivity contribution in [1.82, 2.24) is 0 Å². The molecule has 0 saturated carbocycles. The number of rotatable bonds is 40. The van der Waals surface area contributed by atoms with Crippen LogP contribution in [0.5, 0.6) is 0 Å². The van der Waals surface area contributed by atoms with Crippen LogP contribution in [0.4, 0.5) is 0 Å². The van der Waals surface area contributed by atoms with Crippen LogP contribution in [0.25, 0.3) is 0 Å². The van der Waals surface area contributed by atoms with Crippen LogP contribution in [0, 0.1) is 0 Å². The molecule has 0 radical (unpaired) electrons. The molecule has 0 spiro atoms. The van der Waals surface area contributed by atoms with Crippen LogP contribution in [0.1, 0.15) is 181 Å². The monoisotopic (exact) mass is 771 g/mol. The molecule has 0 heterocycles. The molecule has 0 aliphatic heterocycles. The molecular formula is C44H85NO7P+. The van der Waals surface area contributed by atoms with Crippen molar-refractivity contribution in [3.05, 3.63) is 36.5 Å². The van der Waals surface area contributed by atoms with Crippen LogP contribution < -0.4 is 0 Å². The van der Waals surface area contributed by atoms with Crippen LogP contribution >= 0.6 is 7.82 Å². The van der Waals surface area contributed by atoms with E-state index < -0.39 is 13.9 Å². The number of esters is 1. The molecular weight excluding hydrogens is 685 g/mol. The zero-order valence-electron chi connectivity index (χ0n) is 35.3. The van der Waals surface area contributed by atoms with Gasteiger partial charge in [-0.2, -0.15) is 0 Å². The average Bonchev–Trinajstić information content (AvgIpc) is 3.11. The molecule has 0 fully saturated rings. The Balaban J connectivity index is 4.28. The number of phosphoric ester groups is 1. The van der Waals surface area contributed by atoms with E-state index in [0.29, 0.717) is 24.1 Å². The molecule has 9 heteroatoms. The number of quaternary nitrogens is 1. The van der Waals surface area contributed by atoms with E-state index in [-0.39, 0.29) is 25.8 Å². The van der Waals surface area contributed by atoms with Gasteiger partial charge in [-0.25, -0.2) is 4.57 Å². The topological polar surface area (TPSA) is 91.3 Å². The maximum absolute atomic E-state index is 12.7. The van der Waals surface area contributed by atoms with Gasteiger partial charge in [-0.1, -0.05) is 140 Å². The number of ether oxygens (including phenoxy) is 2. The van der Waals surface area contributed by atoms with Gasteiger partial charge in [-0.3, -0.25) is 13.8 Å². The van der Waals surface area contributed by atoms with E-state index in [1.54, 1.807) is 0 Å². The highest BCUT2D eigenvalue weighted by molar-refractivity contribution is 7.47. The minimum Gasteiger partial charge on any atom is -0.457 e. The summed E-state index contributed by atoms with van der Waals surface area (Å²) in [5.74, 6) is -0.330. The SMILES string of the molecule is CCCCCC/C=C\C/C=C\CCCCCCCC(=O)OC(COCCCCCCCC/C=C\CCCCCCC)COP(=O)(O)OCC[N+](C)(C)C. The number of allylic oxidation sites excluding steroid dienone is 6. The van der Waals surface area contributed by atoms with Gasteiger partial charge >= 0.3 is 13.8 Å². The number of nitrogens with zero attached hydrogens (tertiary/aromatic N) is 1. The van der Waals surface area contributed by atoms with E-state index >= 15 is 0 Å². The normalized spacial score (nSPS) is 14.2. The molecule has 0 aliphatic rings. The second kappa shape index (κ2) is 37.6. The molecule has 8 nitrogen and oxygen atoms in total. The van der Waals surface area contributed by atoms with Gasteiger partial charge in [0.05, 0.1) is 34.4 Å². The van der Waals surface area contributed by atoms with Crippen LogP contribution in [-0.4, -0.2) is 75.6 Å². The van der Waals surface area contributed by atoms with Crippen molar-refractivity contribution < 1.29 is 37.3 Å². The maximum Gasteiger partial charge on any atom is 0.472 e. The second-order valence-electron chi connectivity index (χ2n) is 15.7. The number of carbonyl (C=O) groups is 1. The molecule has 1 N–H and O–H groups in total. The molecule has 0 bridgehead atoms. The molecule has 0 aromatic rings. The van der Waals surface area contributed by atoms with Gasteiger partial charge in [0.15, 0.2) is 0 Å². The minimum absolute atomic E-state index is 0.0843. The third-order valence-electron chi connectivity index (χ3n) is 9.17. The Labute approximate surface area is 327 Å². The number of unbranched alkanes of at least 4 members (excludes halogenated alkanes) is 20. The number of carbonyl (C=O) groups excluding carboxylic acids is 1. The fraction of sp³-hybridized carbons (Fsp3) is 0.841. The highest BCUT2D eigenvalue weighted by Gasteiger charge is 2.26. The Hall–Kier alpha value is -1.28. The third kappa shape index (κ3) is 41.7. The predicted molar refractivity (Wildman–Crippen MR) is 224 cm³/mol. The standard InChI is InChI=1S/C44H84NO7P/c1-6-8-10-12-14-16-18-20-22-23-25-27-29-31-33-35-37-44(46)52-43(42-51-53(47,48)50-40-38-45(3,4)5)41-49-39-36-34-32-30-28-26-24-21-19-17-15-13-11-9-7-2/h16,18-19,21-23,43H,6-15,17,20,24-42H2,1-5H3/p+1/b18-16-,21-19-,23-22-. The van der Waals surface area contributed by atoms with Crippen molar-refractivity contribution >= 4 is 13.8 Å². The van der Waals surface area contributed by atoms with Gasteiger partial charge in [0.25, 0.3) is 0 Å². The second-order valence-corrected chi connectivity index (χ2v) is 17.2. The summed E-state index contributed by atoms with van der Waals surface area (Å²) in [6, 6.07) is 0. The largest absolute Gasteiger partial charge is 0.472 e. The molecule has 0 aliphatic carbocycles. The summed E-state index contributed by atoms with van der Waals surface area (Å²) in [6.45, 7) is 5.57. The Morgan fingerprint density at radius 1 is 0.585 bits per heavy atom. The molecule has 0 aromatic carbocycles. The smallest absolute Gasteiger partial charge is 0.457 e. The molecule has 2 atom stereocenters. The van der Waals surface area contributed by atoms with E-state index in [9.17, 15) is 14.3 Å². The fourth-order valence-electron chi connectivity index (χ4n) is 5.75. The summed E-state index contributed by atoms with van der Waals surface area (Å²) in [4.78, 5) is 22.9. The fourth-order valence-corrected chi connectivity index (χ4v) is 6.49. The van der Waals surface area contributed by atoms with E-state index in [1.807, 2.05) is 21.1 Å². The summed E-state index contributed by atoms with van der Waals surface area (Å²) < 4.78 is 35.0. The van der Waals surface area contributed by atoms with Crippen LogP contribution in [0.15, 0.2) is 36.5 Å². The lowest BCUT2D eigenvalue weighted by Gasteiger charge is -2.24. The van der Waals surface area contributed by atoms with Crippen molar-refractivity contribution in [2.45, 2.75) is 187 Å². The first kappa shape index (κ1) is 51.7. The lowest BCUT2D eigenvalue weighted by Crippen LogP contribution is -2.37. The Kier molecular flexibility index (Phi) is 36.7. The van der Waals surface area contributed by atoms with E-state index in [1.165, 1.54) is 103 Å². The maximum atomic E-state index is 12.7. The van der Waals surface area contributed by atoms with Crippen LogP contribution in [0.3, 0.4) is 0 Å². The van der Waals surface area contributed by atoms with Gasteiger partial charge in [0.2, 0.25) is 0 Å². The summed E-state index contributed by atoms with van der Waals surface area (Å²) >= 11 is 0. The molecule has 312 valence electrons. The Bertz CT molecular complexity index is 947. The van der Waals surface area contributed by atoms with E-state index in [2.05, 4.69) is 50.3 Å². The van der Waals surface area contributed by atoms with Crippen molar-refractivity contribution in [1.29, 1.82) is 0 Å². The summed E-state index contributed by atoms with van der Waals surface area (Å²) in [5.41, 5.74) is 0. The van der Waals surface area contributed by atoms with Crippen molar-refractivity contribution in [2.75, 3.05) is 54.1 Å². The lowest BCUT2D eigenvalue weighted by molar-refractivity contribution is -0.870. The van der Waals surface area contributed by atoms with Crippen molar-refractivity contribution in [3.8, 4) is 0 Å². The highest BCUT2D eigenvalue weighted by atomic mass is 31.2. The van der Waals surface area contributed by atoms with E-state index in [0.717, 1.165) is 57.8 Å². The highest BCUT2D eigenvalue weighted by Crippen LogP contribution is 2.43. The minimum atomic E-state index is -4.28. The molecule has 0 saturated heterocycles. The lowest BCUT2D eigenvalue weighted by atomic mass is 10.1. The van der Waals surface area contributed by atoms with Crippen LogP contribution in [-0.2, 0) is 27.9 Å². The molecule has 0 amide bonds. The van der Waals surface area contributed by atoms with E-state index in [4.69, 9.17) is 18.5 Å². The molecule has 53 heavy (non-hydrogen) atoms. The number of hydrogen-bond donors (Lipinski definition) is 1. The summed E-state index contributed by atoms with van der Waals surface area (Å²) in [6.07, 6.45) is 43.1. The number of likely N-dealkylation sites (N-methyl/N-ethyl adjacent to an activating group) is 1.